The summed E-state index contributed by atoms with van der Waals surface area (Å²) in [6.45, 7) is 10.6. The number of carbonyl (C=O) groups excluding carboxylic acids is 1. The van der Waals surface area contributed by atoms with E-state index in [9.17, 15) is 4.79 Å². The molecule has 24 heavy (non-hydrogen) atoms. The van der Waals surface area contributed by atoms with Crippen LogP contribution in [0.25, 0.3) is 11.1 Å². The molecule has 0 fully saturated rings. The Morgan fingerprint density at radius 3 is 2.29 bits per heavy atom. The third kappa shape index (κ3) is 3.97. The Morgan fingerprint density at radius 2 is 1.79 bits per heavy atom. The molecule has 0 amide bonds. The highest BCUT2D eigenvalue weighted by molar-refractivity contribution is 6.48. The summed E-state index contributed by atoms with van der Waals surface area (Å²) in [6.07, 6.45) is 1.47. The monoisotopic (exact) mass is 345 g/mol. The fourth-order valence-electron chi connectivity index (χ4n) is 2.65. The van der Waals surface area contributed by atoms with E-state index in [1.165, 1.54) is 7.11 Å². The van der Waals surface area contributed by atoms with Crippen molar-refractivity contribution >= 4 is 15.0 Å². The molecule has 1 atom stereocenters. The molecule has 2 aromatic rings. The van der Waals surface area contributed by atoms with Gasteiger partial charge in [0.25, 0.3) is 0 Å². The van der Waals surface area contributed by atoms with Crippen molar-refractivity contribution in [3.63, 3.8) is 0 Å². The normalized spacial score (nSPS) is 13.1. The van der Waals surface area contributed by atoms with Gasteiger partial charge < -0.3 is 13.6 Å². The van der Waals surface area contributed by atoms with Crippen LogP contribution in [0.1, 0.15) is 43.0 Å². The van der Waals surface area contributed by atoms with Crippen LogP contribution in [-0.4, -0.2) is 22.1 Å². The molecule has 1 aromatic carbocycles. The first kappa shape index (κ1) is 18.5. The Bertz CT molecular complexity index is 683. The van der Waals surface area contributed by atoms with E-state index in [0.29, 0.717) is 0 Å². The second kappa shape index (κ2) is 7.36. The molecule has 0 aliphatic heterocycles. The van der Waals surface area contributed by atoms with E-state index in [1.807, 2.05) is 30.3 Å². The number of esters is 1. The highest BCUT2D eigenvalue weighted by Gasteiger charge is 2.34. The van der Waals surface area contributed by atoms with Crippen LogP contribution < -0.4 is 0 Å². The van der Waals surface area contributed by atoms with E-state index in [4.69, 9.17) is 13.6 Å². The number of carbonyl (C=O) groups is 1. The van der Waals surface area contributed by atoms with Crippen molar-refractivity contribution < 1.29 is 18.4 Å². The highest BCUT2D eigenvalue weighted by Crippen LogP contribution is 2.43. The zero-order chi connectivity index (χ0) is 17.9. The number of benzene rings is 1. The van der Waals surface area contributed by atoms with Crippen LogP contribution in [0.15, 0.2) is 41.0 Å². The first-order valence-electron chi connectivity index (χ1n) is 7.97. The van der Waals surface area contributed by atoms with Crippen LogP contribution in [0, 0.1) is 5.41 Å². The topological polar surface area (TPSA) is 48.7 Å². The predicted octanol–water partition coefficient (Wildman–Crippen LogP) is 5.09. The van der Waals surface area contributed by atoms with Crippen molar-refractivity contribution in [3.8, 4) is 11.1 Å². The van der Waals surface area contributed by atoms with Crippen LogP contribution in [-0.2, 0) is 9.16 Å². The maximum Gasteiger partial charge on any atom is 0.374 e. The molecule has 1 unspecified atom stereocenters. The van der Waals surface area contributed by atoms with Gasteiger partial charge in [0.1, 0.15) is 0 Å². The molecule has 0 aliphatic rings. The summed E-state index contributed by atoms with van der Waals surface area (Å²) in [4.78, 5) is 12.2. The van der Waals surface area contributed by atoms with Crippen LogP contribution in [0.4, 0.5) is 0 Å². The summed E-state index contributed by atoms with van der Waals surface area (Å²) in [6, 6.07) is 9.75. The van der Waals surface area contributed by atoms with E-state index in [-0.39, 0.29) is 17.3 Å². The van der Waals surface area contributed by atoms with Crippen molar-refractivity contribution in [3.05, 3.63) is 47.9 Å². The number of furan rings is 1. The van der Waals surface area contributed by atoms with Crippen molar-refractivity contribution in [2.45, 2.75) is 40.0 Å². The summed E-state index contributed by atoms with van der Waals surface area (Å²) in [7, 11) is 0.423. The number of ether oxygens (including phenoxy) is 1. The molecule has 0 aliphatic carbocycles. The predicted molar refractivity (Wildman–Crippen MR) is 96.2 cm³/mol. The van der Waals surface area contributed by atoms with E-state index < -0.39 is 15.0 Å². The Labute approximate surface area is 145 Å². The molecule has 1 heterocycles. The summed E-state index contributed by atoms with van der Waals surface area (Å²) in [5.74, 6) is -0.260. The lowest BCUT2D eigenvalue weighted by Crippen LogP contribution is -2.26. The van der Waals surface area contributed by atoms with E-state index in [0.717, 1.165) is 16.7 Å². The molecule has 4 nitrogen and oxygen atoms in total. The van der Waals surface area contributed by atoms with E-state index in [2.05, 4.69) is 33.9 Å². The van der Waals surface area contributed by atoms with Gasteiger partial charge >= 0.3 is 5.97 Å². The summed E-state index contributed by atoms with van der Waals surface area (Å²) >= 11 is 0. The molecule has 0 spiro atoms. The molecule has 5 heteroatoms. The fourth-order valence-corrected chi connectivity index (χ4v) is 3.60. The summed E-state index contributed by atoms with van der Waals surface area (Å²) in [5.41, 5.74) is 2.43. The highest BCUT2D eigenvalue weighted by atomic mass is 28.3. The first-order chi connectivity index (χ1) is 11.3. The number of methoxy groups -OCH3 is 1. The standard InChI is InChI=1S/C19H25O4Si/c1-19(2,3)17(23-24(5)6)14-12-22-16(18(20)21-4)15(14)13-10-8-7-9-11-13/h7-12,17H,1-6H3. The molecule has 0 saturated carbocycles. The molecule has 2 rings (SSSR count). The SMILES string of the molecule is COC(=O)c1occ(C(O[Si](C)C)C(C)(C)C)c1-c1ccccc1. The molecular weight excluding hydrogens is 320 g/mol. The minimum Gasteiger partial charge on any atom is -0.463 e. The lowest BCUT2D eigenvalue weighted by molar-refractivity contribution is 0.0566. The van der Waals surface area contributed by atoms with Gasteiger partial charge in [-0.25, -0.2) is 4.79 Å². The zero-order valence-electron chi connectivity index (χ0n) is 15.2. The average Bonchev–Trinajstić information content (AvgIpc) is 2.95. The van der Waals surface area contributed by atoms with Crippen LogP contribution in [0.3, 0.4) is 0 Å². The van der Waals surface area contributed by atoms with Gasteiger partial charge in [0.15, 0.2) is 0 Å². The zero-order valence-corrected chi connectivity index (χ0v) is 16.2. The van der Waals surface area contributed by atoms with Crippen molar-refractivity contribution in [1.29, 1.82) is 0 Å². The van der Waals surface area contributed by atoms with E-state index in [1.54, 1.807) is 6.26 Å². The van der Waals surface area contributed by atoms with Crippen LogP contribution in [0.5, 0.6) is 0 Å². The van der Waals surface area contributed by atoms with Crippen molar-refractivity contribution in [1.82, 2.24) is 0 Å². The Morgan fingerprint density at radius 1 is 1.17 bits per heavy atom. The maximum absolute atomic E-state index is 12.2. The molecule has 1 radical (unpaired) electrons. The Hall–Kier alpha value is -1.85. The van der Waals surface area contributed by atoms with Gasteiger partial charge in [0, 0.05) is 11.1 Å². The van der Waals surface area contributed by atoms with Crippen molar-refractivity contribution in [2.24, 2.45) is 5.41 Å². The second-order valence-electron chi connectivity index (χ2n) is 7.02. The lowest BCUT2D eigenvalue weighted by Gasteiger charge is -2.32. The molecule has 0 saturated heterocycles. The molecule has 0 N–H and O–H groups in total. The minimum atomic E-state index is -0.935. The Kier molecular flexibility index (Phi) is 5.67. The largest absolute Gasteiger partial charge is 0.463 e. The number of rotatable bonds is 5. The third-order valence-corrected chi connectivity index (χ3v) is 4.38. The second-order valence-corrected chi connectivity index (χ2v) is 9.08. The molecular formula is C19H25O4Si. The summed E-state index contributed by atoms with van der Waals surface area (Å²) < 4.78 is 16.8. The lowest BCUT2D eigenvalue weighted by atomic mass is 9.83. The van der Waals surface area contributed by atoms with Gasteiger partial charge in [-0.2, -0.15) is 0 Å². The van der Waals surface area contributed by atoms with Gasteiger partial charge in [-0.1, -0.05) is 51.1 Å². The minimum absolute atomic E-state index is 0.136. The molecule has 1 aromatic heterocycles. The smallest absolute Gasteiger partial charge is 0.374 e. The van der Waals surface area contributed by atoms with Gasteiger partial charge in [-0.05, 0) is 24.1 Å². The van der Waals surface area contributed by atoms with Gasteiger partial charge in [0.2, 0.25) is 14.8 Å². The summed E-state index contributed by atoms with van der Waals surface area (Å²) in [5, 5.41) is 0. The Balaban J connectivity index is 2.65. The third-order valence-electron chi connectivity index (χ3n) is 3.68. The quantitative estimate of drug-likeness (QED) is 0.559. The van der Waals surface area contributed by atoms with Gasteiger partial charge in [0.05, 0.1) is 19.5 Å². The van der Waals surface area contributed by atoms with Crippen LogP contribution >= 0.6 is 0 Å². The maximum atomic E-state index is 12.2. The van der Waals surface area contributed by atoms with Gasteiger partial charge in [-0.15, -0.1) is 0 Å². The average molecular weight is 345 g/mol. The van der Waals surface area contributed by atoms with E-state index >= 15 is 0 Å². The number of hydrogen-bond donors (Lipinski definition) is 0. The fraction of sp³-hybridized carbons (Fsp3) is 0.421. The first-order valence-corrected chi connectivity index (χ1v) is 10.4. The molecule has 0 bridgehead atoms. The van der Waals surface area contributed by atoms with Gasteiger partial charge in [-0.3, -0.25) is 0 Å². The van der Waals surface area contributed by atoms with Crippen LogP contribution in [0.2, 0.25) is 13.1 Å². The van der Waals surface area contributed by atoms with Crippen molar-refractivity contribution in [2.75, 3.05) is 7.11 Å². The molecule has 129 valence electrons. The number of hydrogen-bond acceptors (Lipinski definition) is 4.